The van der Waals surface area contributed by atoms with E-state index in [1.807, 2.05) is 14.1 Å². The molecule has 1 aromatic carbocycles. The second-order valence-electron chi connectivity index (χ2n) is 2.66. The van der Waals surface area contributed by atoms with E-state index in [0.717, 1.165) is 26.1 Å². The first-order valence-corrected chi connectivity index (χ1v) is 7.41. The van der Waals surface area contributed by atoms with Gasteiger partial charge in [-0.3, -0.25) is 0 Å². The molecule has 67 valence electrons. The van der Waals surface area contributed by atoms with Crippen LogP contribution in [0.15, 0.2) is 30.3 Å². The fourth-order valence-electron chi connectivity index (χ4n) is 0.478. The minimum absolute atomic E-state index is 0.620. The van der Waals surface area contributed by atoms with Crippen LogP contribution in [0.1, 0.15) is 0 Å². The molecule has 0 fully saturated rings. The van der Waals surface area contributed by atoms with E-state index in [9.17, 15) is 0 Å². The predicted molar refractivity (Wildman–Crippen MR) is 61.3 cm³/mol. The summed E-state index contributed by atoms with van der Waals surface area (Å²) in [6, 6.07) is 10.6. The molecule has 0 atom stereocenters. The summed E-state index contributed by atoms with van der Waals surface area (Å²) in [6.07, 6.45) is 0. The molecule has 1 nitrogen and oxygen atoms in total. The number of thiol groups is 1. The molecule has 0 aromatic heterocycles. The van der Waals surface area contributed by atoms with Gasteiger partial charge in [0.25, 0.3) is 0 Å². The molecular weight excluding hydrogens is 387 g/mol. The van der Waals surface area contributed by atoms with Gasteiger partial charge in [-0.25, -0.2) is 0 Å². The van der Waals surface area contributed by atoms with Gasteiger partial charge in [0.15, 0.2) is 0 Å². The predicted octanol–water partition coefficient (Wildman–Crippen LogP) is 1.62. The summed E-state index contributed by atoms with van der Waals surface area (Å²) in [7, 11) is 3.71. The first kappa shape index (κ1) is 13.4. The molecule has 4 heteroatoms. The van der Waals surface area contributed by atoms with E-state index in [4.69, 9.17) is 0 Å². The van der Waals surface area contributed by atoms with Crippen LogP contribution in [-0.2, 0) is 26.1 Å². The second kappa shape index (κ2) is 7.77. The van der Waals surface area contributed by atoms with Crippen LogP contribution in [0.4, 0.5) is 0 Å². The molecule has 0 aliphatic rings. The van der Waals surface area contributed by atoms with Crippen LogP contribution >= 0.6 is 24.8 Å². The maximum absolute atomic E-state index is 4.61. The van der Waals surface area contributed by atoms with Crippen molar-refractivity contribution in [3.05, 3.63) is 30.3 Å². The Hall–Kier alpha value is 0.395. The number of benzene rings is 1. The summed E-state index contributed by atoms with van der Waals surface area (Å²) in [5.74, 6) is 0. The summed E-state index contributed by atoms with van der Waals surface area (Å²) < 4.78 is 2.14. The molecule has 0 heterocycles. The molecule has 0 saturated heterocycles. The van der Waals surface area contributed by atoms with E-state index in [0.29, 0.717) is 4.32 Å². The summed E-state index contributed by atoms with van der Waals surface area (Å²) >= 11 is 9.27. The Morgan fingerprint density at radius 1 is 1.31 bits per heavy atom. The number of rotatable bonds is 0. The Kier molecular flexibility index (Phi) is 8.00. The van der Waals surface area contributed by atoms with Crippen molar-refractivity contribution in [1.82, 2.24) is 4.90 Å². The Morgan fingerprint density at radius 3 is 1.85 bits per heavy atom. The van der Waals surface area contributed by atoms with Gasteiger partial charge in [0.2, 0.25) is 0 Å². The van der Waals surface area contributed by atoms with Crippen LogP contribution < -0.4 is 3.07 Å². The third kappa shape index (κ3) is 8.72. The third-order valence-corrected chi connectivity index (χ3v) is 3.82. The standard InChI is InChI=1S/C6H5.C3H7NS2.Hg/c1-2-4-6-5-3-1;1-4(2)3(5)6;/h1-5H;1-2H3,(H,5,6);. The normalized spacial score (nSPS) is 8.38. The Bertz CT molecular complexity index is 249. The number of nitrogens with zero attached hydrogens (tertiary/aromatic N) is 1. The van der Waals surface area contributed by atoms with Crippen LogP contribution in [0.5, 0.6) is 0 Å². The van der Waals surface area contributed by atoms with Crippen molar-refractivity contribution in [2.45, 2.75) is 0 Å². The first-order valence-electron chi connectivity index (χ1n) is 3.81. The molecule has 0 amide bonds. The summed E-state index contributed by atoms with van der Waals surface area (Å²) in [5, 5.41) is 0. The third-order valence-electron chi connectivity index (χ3n) is 1.23. The Labute approximate surface area is 107 Å². The van der Waals surface area contributed by atoms with E-state index < -0.39 is 0 Å². The van der Waals surface area contributed by atoms with Gasteiger partial charge < -0.3 is 4.90 Å². The number of thiocarbonyl (C=S) groups is 1. The van der Waals surface area contributed by atoms with Crippen molar-refractivity contribution in [3.63, 3.8) is 0 Å². The molecule has 1 rings (SSSR count). The molecule has 13 heavy (non-hydrogen) atoms. The van der Waals surface area contributed by atoms with Gasteiger partial charge in [0.05, 0.1) is 0 Å². The molecule has 0 unspecified atom stereocenters. The summed E-state index contributed by atoms with van der Waals surface area (Å²) in [4.78, 5) is 1.76. The average molecular weight is 399 g/mol. The zero-order valence-electron chi connectivity index (χ0n) is 7.90. The van der Waals surface area contributed by atoms with E-state index in [-0.39, 0.29) is 0 Å². The second-order valence-corrected chi connectivity index (χ2v) is 6.95. The monoisotopic (exact) mass is 400 g/mol. The van der Waals surface area contributed by atoms with Crippen molar-refractivity contribution in [3.8, 4) is 0 Å². The van der Waals surface area contributed by atoms with E-state index in [1.54, 1.807) is 4.90 Å². The fraction of sp³-hybridized carbons (Fsp3) is 0.222. The van der Waals surface area contributed by atoms with Crippen molar-refractivity contribution in [2.24, 2.45) is 0 Å². The SMILES string of the molecule is CN(C)C(=S)S.[Hg][c]1ccccc1. The molecule has 0 bridgehead atoms. The van der Waals surface area contributed by atoms with Crippen molar-refractivity contribution >= 4 is 32.2 Å². The molecule has 0 radical (unpaired) electrons. The Morgan fingerprint density at radius 2 is 1.69 bits per heavy atom. The molecule has 1 aromatic rings. The average Bonchev–Trinajstić information content (AvgIpc) is 2.06. The van der Waals surface area contributed by atoms with Crippen LogP contribution in [0.2, 0.25) is 0 Å². The maximum atomic E-state index is 4.61. The molecule has 0 spiro atoms. The van der Waals surface area contributed by atoms with Crippen molar-refractivity contribution in [1.29, 1.82) is 0 Å². The van der Waals surface area contributed by atoms with Crippen LogP contribution in [0, 0.1) is 0 Å². The fourth-order valence-corrected chi connectivity index (χ4v) is 1.54. The van der Waals surface area contributed by atoms with Gasteiger partial charge in [-0.1, -0.05) is 12.2 Å². The summed E-state index contributed by atoms with van der Waals surface area (Å²) in [5.41, 5.74) is 0. The van der Waals surface area contributed by atoms with E-state index in [1.165, 1.54) is 3.07 Å². The quantitative estimate of drug-likeness (QED) is 0.402. The molecule has 0 N–H and O–H groups in total. The Balaban J connectivity index is 0.000000226. The van der Waals surface area contributed by atoms with Crippen LogP contribution in [0.3, 0.4) is 0 Å². The summed E-state index contributed by atoms with van der Waals surface area (Å²) in [6.45, 7) is 0. The molecule has 0 aliphatic heterocycles. The van der Waals surface area contributed by atoms with Gasteiger partial charge in [-0.15, -0.1) is 12.6 Å². The topological polar surface area (TPSA) is 3.24 Å². The van der Waals surface area contributed by atoms with Gasteiger partial charge in [0, 0.05) is 14.1 Å². The van der Waals surface area contributed by atoms with Crippen molar-refractivity contribution in [2.75, 3.05) is 14.1 Å². The van der Waals surface area contributed by atoms with Gasteiger partial charge in [0.1, 0.15) is 4.32 Å². The molecule has 0 aliphatic carbocycles. The van der Waals surface area contributed by atoms with Gasteiger partial charge >= 0.3 is 59.5 Å². The van der Waals surface area contributed by atoms with Crippen LogP contribution in [0.25, 0.3) is 0 Å². The molecular formula is C9H12HgNS2. The van der Waals surface area contributed by atoms with Gasteiger partial charge in [-0.05, 0) is 0 Å². The van der Waals surface area contributed by atoms with E-state index in [2.05, 4.69) is 55.2 Å². The van der Waals surface area contributed by atoms with Crippen LogP contribution in [-0.4, -0.2) is 23.3 Å². The van der Waals surface area contributed by atoms with E-state index >= 15 is 0 Å². The number of hydrogen-bond donors (Lipinski definition) is 1. The zero-order valence-corrected chi connectivity index (χ0v) is 15.1. The minimum atomic E-state index is 0.620. The zero-order chi connectivity index (χ0) is 10.3. The molecule has 0 saturated carbocycles. The number of hydrogen-bond acceptors (Lipinski definition) is 1. The first-order chi connectivity index (χ1) is 6.04. The van der Waals surface area contributed by atoms with Crippen molar-refractivity contribution < 1.29 is 26.1 Å². The van der Waals surface area contributed by atoms with Gasteiger partial charge in [-0.2, -0.15) is 0 Å².